The van der Waals surface area contributed by atoms with Gasteiger partial charge in [0.1, 0.15) is 22.9 Å². The molecule has 1 amide bonds. The van der Waals surface area contributed by atoms with Gasteiger partial charge in [0.2, 0.25) is 5.95 Å². The second kappa shape index (κ2) is 8.64. The third-order valence-electron chi connectivity index (χ3n) is 4.93. The molecule has 3 aromatic rings. The summed E-state index contributed by atoms with van der Waals surface area (Å²) in [5.41, 5.74) is 6.94. The highest BCUT2D eigenvalue weighted by atomic mass is 16.4. The number of carbonyl (C=O) groups is 1. The first-order valence-corrected chi connectivity index (χ1v) is 9.63. The monoisotopic (exact) mass is 404 g/mol. The van der Waals surface area contributed by atoms with Crippen LogP contribution in [-0.2, 0) is 0 Å². The van der Waals surface area contributed by atoms with Gasteiger partial charge in [0, 0.05) is 44.3 Å². The molecule has 30 heavy (non-hydrogen) atoms. The highest BCUT2D eigenvalue weighted by Gasteiger charge is 2.21. The first kappa shape index (κ1) is 19.4. The zero-order valence-corrected chi connectivity index (χ0v) is 16.7. The maximum absolute atomic E-state index is 12.5. The van der Waals surface area contributed by atoms with Crippen LogP contribution in [0.3, 0.4) is 0 Å². The van der Waals surface area contributed by atoms with Crippen molar-refractivity contribution in [1.29, 1.82) is 0 Å². The SMILES string of the molecule is [11CH3]Oc1ccc(NC(=O)c2cnc(N3CCN(c4ccccn4)CC3)nc2N)cc1. The second-order valence-corrected chi connectivity index (χ2v) is 6.81. The molecule has 0 spiro atoms. The maximum Gasteiger partial charge on any atom is 0.260 e. The zero-order valence-electron chi connectivity index (χ0n) is 16.7. The fourth-order valence-corrected chi connectivity index (χ4v) is 3.26. The number of piperazine rings is 1. The minimum Gasteiger partial charge on any atom is -0.497 e. The molecular weight excluding hydrogens is 381 g/mol. The standard InChI is InChI=1S/C21H23N7O2/c1-30-16-7-5-15(6-8-16)25-20(29)17-14-24-21(26-19(17)22)28-12-10-27(11-13-28)18-4-2-3-9-23-18/h2-9,14H,10-13H2,1H3,(H,25,29)(H2,22,24,26)/i1-1. The van der Waals surface area contributed by atoms with Crippen LogP contribution in [0.1, 0.15) is 10.4 Å². The molecule has 3 heterocycles. The topological polar surface area (TPSA) is 110 Å². The first-order valence-electron chi connectivity index (χ1n) is 9.63. The van der Waals surface area contributed by atoms with Crippen molar-refractivity contribution >= 4 is 29.2 Å². The number of methoxy groups -OCH3 is 1. The Bertz CT molecular complexity index is 1000. The van der Waals surface area contributed by atoms with Gasteiger partial charge in [-0.3, -0.25) is 4.79 Å². The summed E-state index contributed by atoms with van der Waals surface area (Å²) < 4.78 is 5.12. The lowest BCUT2D eigenvalue weighted by Gasteiger charge is -2.35. The minimum absolute atomic E-state index is 0.151. The van der Waals surface area contributed by atoms with E-state index in [1.165, 1.54) is 6.20 Å². The number of benzene rings is 1. The average molecular weight is 404 g/mol. The Morgan fingerprint density at radius 1 is 1.03 bits per heavy atom. The van der Waals surface area contributed by atoms with Crippen LogP contribution < -0.4 is 25.6 Å². The van der Waals surface area contributed by atoms with Crippen LogP contribution in [0.4, 0.5) is 23.3 Å². The van der Waals surface area contributed by atoms with E-state index in [1.54, 1.807) is 37.6 Å². The third kappa shape index (κ3) is 4.24. The Morgan fingerprint density at radius 2 is 1.77 bits per heavy atom. The molecule has 0 bridgehead atoms. The van der Waals surface area contributed by atoms with Crippen LogP contribution in [0.5, 0.6) is 5.75 Å². The fourth-order valence-electron chi connectivity index (χ4n) is 3.26. The number of amides is 1. The number of hydrogen-bond donors (Lipinski definition) is 2. The van der Waals surface area contributed by atoms with Crippen molar-refractivity contribution in [3.05, 3.63) is 60.4 Å². The number of ether oxygens (including phenoxy) is 1. The second-order valence-electron chi connectivity index (χ2n) is 6.81. The summed E-state index contributed by atoms with van der Waals surface area (Å²) in [6, 6.07) is 12.9. The van der Waals surface area contributed by atoms with Crippen molar-refractivity contribution in [2.45, 2.75) is 0 Å². The van der Waals surface area contributed by atoms with Gasteiger partial charge in [-0.15, -0.1) is 0 Å². The lowest BCUT2D eigenvalue weighted by atomic mass is 10.2. The van der Waals surface area contributed by atoms with Crippen molar-refractivity contribution in [2.75, 3.05) is 54.1 Å². The Kier molecular flexibility index (Phi) is 5.60. The van der Waals surface area contributed by atoms with E-state index < -0.39 is 0 Å². The molecule has 154 valence electrons. The molecule has 0 unspecified atom stereocenters. The fraction of sp³-hybridized carbons (Fsp3) is 0.238. The Morgan fingerprint density at radius 3 is 2.40 bits per heavy atom. The van der Waals surface area contributed by atoms with Gasteiger partial charge in [0.05, 0.1) is 7.11 Å². The van der Waals surface area contributed by atoms with Gasteiger partial charge in [-0.25, -0.2) is 9.97 Å². The number of nitrogens with zero attached hydrogens (tertiary/aromatic N) is 5. The molecule has 0 aliphatic carbocycles. The van der Waals surface area contributed by atoms with Crippen LogP contribution in [0.15, 0.2) is 54.9 Å². The number of aromatic nitrogens is 3. The molecule has 2 aromatic heterocycles. The quantitative estimate of drug-likeness (QED) is 0.665. The lowest BCUT2D eigenvalue weighted by molar-refractivity contribution is 0.102. The van der Waals surface area contributed by atoms with Crippen LogP contribution >= 0.6 is 0 Å². The zero-order chi connectivity index (χ0) is 20.9. The summed E-state index contributed by atoms with van der Waals surface area (Å²) in [7, 11) is 1.59. The molecule has 1 fully saturated rings. The van der Waals surface area contributed by atoms with Crippen LogP contribution in [0.25, 0.3) is 0 Å². The van der Waals surface area contributed by atoms with E-state index in [-0.39, 0.29) is 17.3 Å². The summed E-state index contributed by atoms with van der Waals surface area (Å²) >= 11 is 0. The predicted molar refractivity (Wildman–Crippen MR) is 116 cm³/mol. The molecule has 1 aliphatic rings. The molecule has 1 aliphatic heterocycles. The Hall–Kier alpha value is -3.88. The number of anilines is 4. The van der Waals surface area contributed by atoms with Gasteiger partial charge in [-0.2, -0.15) is 4.98 Å². The highest BCUT2D eigenvalue weighted by molar-refractivity contribution is 6.07. The summed E-state index contributed by atoms with van der Waals surface area (Å²) in [5.74, 6) is 1.99. The van der Waals surface area contributed by atoms with Gasteiger partial charge in [0.25, 0.3) is 5.91 Å². The number of hydrogen-bond acceptors (Lipinski definition) is 8. The van der Waals surface area contributed by atoms with Gasteiger partial charge >= 0.3 is 0 Å². The summed E-state index contributed by atoms with van der Waals surface area (Å²) in [5, 5.41) is 2.79. The van der Waals surface area contributed by atoms with E-state index in [1.807, 2.05) is 18.2 Å². The van der Waals surface area contributed by atoms with Gasteiger partial charge in [0.15, 0.2) is 0 Å². The number of nitrogens with one attached hydrogen (secondary N) is 1. The molecule has 0 radical (unpaired) electrons. The normalized spacial score (nSPS) is 13.8. The van der Waals surface area contributed by atoms with E-state index in [9.17, 15) is 4.79 Å². The van der Waals surface area contributed by atoms with Gasteiger partial charge in [-0.1, -0.05) is 6.07 Å². The van der Waals surface area contributed by atoms with Crippen LogP contribution in [0.2, 0.25) is 0 Å². The summed E-state index contributed by atoms with van der Waals surface area (Å²) in [6.45, 7) is 3.10. The molecular formula is C21H23N7O2. The Balaban J connectivity index is 1.40. The van der Waals surface area contributed by atoms with E-state index in [0.29, 0.717) is 17.4 Å². The summed E-state index contributed by atoms with van der Waals surface area (Å²) in [6.07, 6.45) is 3.27. The largest absolute Gasteiger partial charge is 0.497 e. The number of pyridine rings is 1. The Labute approximate surface area is 174 Å². The van der Waals surface area contributed by atoms with Crippen molar-refractivity contribution in [3.63, 3.8) is 0 Å². The molecule has 4 rings (SSSR count). The molecule has 9 nitrogen and oxygen atoms in total. The predicted octanol–water partition coefficient (Wildman–Crippen LogP) is 2.04. The van der Waals surface area contributed by atoms with Crippen molar-refractivity contribution in [1.82, 2.24) is 15.0 Å². The molecule has 1 saturated heterocycles. The van der Waals surface area contributed by atoms with E-state index in [2.05, 4.69) is 30.1 Å². The molecule has 9 heteroatoms. The maximum atomic E-state index is 12.5. The molecule has 0 atom stereocenters. The highest BCUT2D eigenvalue weighted by Crippen LogP contribution is 2.20. The van der Waals surface area contributed by atoms with E-state index in [0.717, 1.165) is 32.0 Å². The minimum atomic E-state index is -0.357. The first-order chi connectivity index (χ1) is 14.6. The molecule has 1 aromatic carbocycles. The number of nitrogens with two attached hydrogens (primary N) is 1. The molecule has 0 saturated carbocycles. The summed E-state index contributed by atoms with van der Waals surface area (Å²) in [4.78, 5) is 29.9. The van der Waals surface area contributed by atoms with Crippen molar-refractivity contribution in [2.24, 2.45) is 0 Å². The van der Waals surface area contributed by atoms with Crippen molar-refractivity contribution in [3.8, 4) is 5.75 Å². The number of rotatable bonds is 5. The van der Waals surface area contributed by atoms with Crippen LogP contribution in [-0.4, -0.2) is 54.1 Å². The van der Waals surface area contributed by atoms with E-state index in [4.69, 9.17) is 10.5 Å². The van der Waals surface area contributed by atoms with E-state index >= 15 is 0 Å². The van der Waals surface area contributed by atoms with Crippen molar-refractivity contribution < 1.29 is 9.53 Å². The third-order valence-corrected chi connectivity index (χ3v) is 4.93. The van der Waals surface area contributed by atoms with Crippen LogP contribution in [0, 0.1) is 0 Å². The van der Waals surface area contributed by atoms with Gasteiger partial charge in [-0.05, 0) is 36.4 Å². The number of nitrogen functional groups attached to an aromatic ring is 1. The smallest absolute Gasteiger partial charge is 0.260 e. The molecule has 3 N–H and O–H groups in total. The number of carbonyl (C=O) groups excluding carboxylic acids is 1. The lowest BCUT2D eigenvalue weighted by Crippen LogP contribution is -2.47. The van der Waals surface area contributed by atoms with Gasteiger partial charge < -0.3 is 25.6 Å². The average Bonchev–Trinajstić information content (AvgIpc) is 2.80.